The van der Waals surface area contributed by atoms with Crippen molar-refractivity contribution in [1.29, 1.82) is 0 Å². The fraction of sp³-hybridized carbons (Fsp3) is 0.500. The molecule has 120 valence electrons. The van der Waals surface area contributed by atoms with Crippen LogP contribution in [0.25, 0.3) is 0 Å². The van der Waals surface area contributed by atoms with Crippen LogP contribution in [-0.4, -0.2) is 45.2 Å². The number of fused-ring (bicyclic) bond motifs is 1. The molecule has 1 heterocycles. The molecule has 0 saturated heterocycles. The highest BCUT2D eigenvalue weighted by molar-refractivity contribution is 5.97. The molecule has 1 aliphatic rings. The monoisotopic (exact) mass is 306 g/mol. The van der Waals surface area contributed by atoms with Crippen molar-refractivity contribution in [2.45, 2.75) is 19.8 Å². The second-order valence-corrected chi connectivity index (χ2v) is 5.21. The zero-order chi connectivity index (χ0) is 15.9. The quantitative estimate of drug-likeness (QED) is 0.804. The van der Waals surface area contributed by atoms with Gasteiger partial charge in [0.05, 0.1) is 18.8 Å². The summed E-state index contributed by atoms with van der Waals surface area (Å²) in [5.41, 5.74) is 1.86. The first kappa shape index (κ1) is 16.3. The van der Waals surface area contributed by atoms with Crippen molar-refractivity contribution in [3.63, 3.8) is 0 Å². The number of amides is 2. The molecule has 1 aromatic rings. The highest BCUT2D eigenvalue weighted by Crippen LogP contribution is 2.32. The lowest BCUT2D eigenvalue weighted by atomic mass is 10.1. The Morgan fingerprint density at radius 3 is 2.95 bits per heavy atom. The first-order valence-electron chi connectivity index (χ1n) is 7.41. The zero-order valence-electron chi connectivity index (χ0n) is 13.1. The lowest BCUT2D eigenvalue weighted by molar-refractivity contribution is -0.125. The highest BCUT2D eigenvalue weighted by Gasteiger charge is 2.23. The Morgan fingerprint density at radius 2 is 2.18 bits per heavy atom. The van der Waals surface area contributed by atoms with Gasteiger partial charge in [0, 0.05) is 26.5 Å². The van der Waals surface area contributed by atoms with E-state index in [0.717, 1.165) is 17.0 Å². The van der Waals surface area contributed by atoms with E-state index in [0.29, 0.717) is 26.3 Å². The van der Waals surface area contributed by atoms with E-state index in [4.69, 9.17) is 9.47 Å². The maximum absolute atomic E-state index is 12.4. The number of nitrogens with zero attached hydrogens (tertiary/aromatic N) is 1. The van der Waals surface area contributed by atoms with Crippen LogP contribution in [-0.2, 0) is 14.3 Å². The van der Waals surface area contributed by atoms with Crippen LogP contribution in [0.3, 0.4) is 0 Å². The predicted octanol–water partition coefficient (Wildman–Crippen LogP) is 1.26. The van der Waals surface area contributed by atoms with Gasteiger partial charge in [0.2, 0.25) is 11.8 Å². The molecule has 0 bridgehead atoms. The summed E-state index contributed by atoms with van der Waals surface area (Å²) >= 11 is 0. The largest absolute Gasteiger partial charge is 0.490 e. The lowest BCUT2D eigenvalue weighted by Gasteiger charge is -2.29. The number of carbonyl (C=O) groups is 2. The van der Waals surface area contributed by atoms with Crippen molar-refractivity contribution in [2.75, 3.05) is 38.3 Å². The van der Waals surface area contributed by atoms with Gasteiger partial charge < -0.3 is 19.7 Å². The molecule has 0 aliphatic carbocycles. The van der Waals surface area contributed by atoms with Gasteiger partial charge in [0.25, 0.3) is 0 Å². The molecule has 0 unspecified atom stereocenters. The number of anilines is 1. The molecule has 0 fully saturated rings. The fourth-order valence-corrected chi connectivity index (χ4v) is 2.32. The van der Waals surface area contributed by atoms with Crippen LogP contribution < -0.4 is 15.0 Å². The summed E-state index contributed by atoms with van der Waals surface area (Å²) in [6.07, 6.45) is 0.368. The molecule has 1 aliphatic heterocycles. The summed E-state index contributed by atoms with van der Waals surface area (Å²) in [5, 5.41) is 2.71. The molecular formula is C16H22N2O4. The summed E-state index contributed by atoms with van der Waals surface area (Å²) < 4.78 is 10.4. The molecule has 1 N–H and O–H groups in total. The van der Waals surface area contributed by atoms with E-state index >= 15 is 0 Å². The minimum Gasteiger partial charge on any atom is -0.490 e. The van der Waals surface area contributed by atoms with Crippen molar-refractivity contribution in [2.24, 2.45) is 0 Å². The first-order chi connectivity index (χ1) is 10.6. The minimum atomic E-state index is -0.136. The van der Waals surface area contributed by atoms with Gasteiger partial charge >= 0.3 is 0 Å². The van der Waals surface area contributed by atoms with Crippen molar-refractivity contribution < 1.29 is 19.1 Å². The van der Waals surface area contributed by atoms with Gasteiger partial charge in [-0.2, -0.15) is 0 Å². The molecule has 6 heteroatoms. The number of methoxy groups -OCH3 is 1. The maximum Gasteiger partial charge on any atom is 0.227 e. The van der Waals surface area contributed by atoms with Crippen LogP contribution in [0.1, 0.15) is 18.4 Å². The van der Waals surface area contributed by atoms with Gasteiger partial charge in [-0.15, -0.1) is 0 Å². The number of nitrogens with one attached hydrogen (secondary N) is 1. The van der Waals surface area contributed by atoms with Crippen LogP contribution in [0, 0.1) is 6.92 Å². The Kier molecular flexibility index (Phi) is 5.77. The molecule has 0 atom stereocenters. The van der Waals surface area contributed by atoms with E-state index in [-0.39, 0.29) is 24.7 Å². The lowest BCUT2D eigenvalue weighted by Crippen LogP contribution is -2.38. The first-order valence-corrected chi connectivity index (χ1v) is 7.41. The van der Waals surface area contributed by atoms with E-state index in [9.17, 15) is 9.59 Å². The average Bonchev–Trinajstić information content (AvgIpc) is 2.52. The Balaban J connectivity index is 1.91. The van der Waals surface area contributed by atoms with Crippen LogP contribution >= 0.6 is 0 Å². The molecule has 6 nitrogen and oxygen atoms in total. The molecule has 0 aromatic heterocycles. The van der Waals surface area contributed by atoms with Gasteiger partial charge in [-0.1, -0.05) is 6.07 Å². The molecule has 0 spiro atoms. The molecule has 0 saturated carbocycles. The summed E-state index contributed by atoms with van der Waals surface area (Å²) in [7, 11) is 1.58. The van der Waals surface area contributed by atoms with E-state index in [2.05, 4.69) is 5.32 Å². The Hall–Kier alpha value is -2.08. The molecule has 22 heavy (non-hydrogen) atoms. The smallest absolute Gasteiger partial charge is 0.227 e. The second kappa shape index (κ2) is 7.79. The van der Waals surface area contributed by atoms with Gasteiger partial charge in [0.15, 0.2) is 0 Å². The molecule has 1 aromatic carbocycles. The third kappa shape index (κ3) is 4.21. The Labute approximate surface area is 130 Å². The maximum atomic E-state index is 12.4. The van der Waals surface area contributed by atoms with E-state index in [1.165, 1.54) is 0 Å². The van der Waals surface area contributed by atoms with Gasteiger partial charge in [0.1, 0.15) is 12.4 Å². The van der Waals surface area contributed by atoms with E-state index < -0.39 is 0 Å². The SMILES string of the molecule is COCCNC(=O)CCC(=O)N1CCOc2ccc(C)cc21. The molecule has 2 amide bonds. The summed E-state index contributed by atoms with van der Waals surface area (Å²) in [6.45, 7) is 3.89. The standard InChI is InChI=1S/C16H22N2O4/c1-12-3-4-14-13(11-12)18(8-10-22-14)16(20)6-5-15(19)17-7-9-21-2/h3-4,11H,5-10H2,1-2H3,(H,17,19). The number of hydrogen-bond donors (Lipinski definition) is 1. The number of rotatable bonds is 6. The third-order valence-electron chi connectivity index (χ3n) is 3.47. The van der Waals surface area contributed by atoms with Crippen LogP contribution in [0.2, 0.25) is 0 Å². The Morgan fingerprint density at radius 1 is 1.36 bits per heavy atom. The van der Waals surface area contributed by atoms with Gasteiger partial charge in [-0.25, -0.2) is 0 Å². The molecular weight excluding hydrogens is 284 g/mol. The van der Waals surface area contributed by atoms with E-state index in [1.807, 2.05) is 25.1 Å². The van der Waals surface area contributed by atoms with Crippen molar-refractivity contribution in [1.82, 2.24) is 5.32 Å². The zero-order valence-corrected chi connectivity index (χ0v) is 13.1. The number of hydrogen-bond acceptors (Lipinski definition) is 4. The van der Waals surface area contributed by atoms with Crippen LogP contribution in [0.5, 0.6) is 5.75 Å². The van der Waals surface area contributed by atoms with Crippen molar-refractivity contribution in [3.05, 3.63) is 23.8 Å². The fourth-order valence-electron chi connectivity index (χ4n) is 2.32. The second-order valence-electron chi connectivity index (χ2n) is 5.21. The molecule has 0 radical (unpaired) electrons. The van der Waals surface area contributed by atoms with Gasteiger partial charge in [-0.3, -0.25) is 9.59 Å². The Bertz CT molecular complexity index is 545. The summed E-state index contributed by atoms with van der Waals surface area (Å²) in [5.74, 6) is 0.523. The normalized spacial score (nSPS) is 13.3. The number of ether oxygens (including phenoxy) is 2. The summed E-state index contributed by atoms with van der Waals surface area (Å²) in [4.78, 5) is 25.7. The van der Waals surface area contributed by atoms with Crippen molar-refractivity contribution >= 4 is 17.5 Å². The molecule has 2 rings (SSSR count). The number of aryl methyl sites for hydroxylation is 1. The topological polar surface area (TPSA) is 67.9 Å². The third-order valence-corrected chi connectivity index (χ3v) is 3.47. The minimum absolute atomic E-state index is 0.0583. The highest BCUT2D eigenvalue weighted by atomic mass is 16.5. The van der Waals surface area contributed by atoms with Crippen LogP contribution in [0.4, 0.5) is 5.69 Å². The summed E-state index contributed by atoms with van der Waals surface area (Å²) in [6, 6.07) is 5.77. The number of benzene rings is 1. The van der Waals surface area contributed by atoms with Gasteiger partial charge in [-0.05, 0) is 24.6 Å². The number of carbonyl (C=O) groups excluding carboxylic acids is 2. The van der Waals surface area contributed by atoms with Crippen molar-refractivity contribution in [3.8, 4) is 5.75 Å². The predicted molar refractivity (Wildman–Crippen MR) is 83.1 cm³/mol. The van der Waals surface area contributed by atoms with Crippen LogP contribution in [0.15, 0.2) is 18.2 Å². The van der Waals surface area contributed by atoms with E-state index in [1.54, 1.807) is 12.0 Å². The average molecular weight is 306 g/mol.